The van der Waals surface area contributed by atoms with E-state index in [2.05, 4.69) is 24.1 Å². The number of unbranched alkanes of at least 4 members (excludes halogenated alkanes) is 2. The first-order valence-corrected chi connectivity index (χ1v) is 8.92. The van der Waals surface area contributed by atoms with Crippen LogP contribution in [0.1, 0.15) is 51.5 Å². The van der Waals surface area contributed by atoms with Gasteiger partial charge in [-0.3, -0.25) is 0 Å². The molecule has 0 aliphatic carbocycles. The molecule has 126 valence electrons. The zero-order valence-electron chi connectivity index (χ0n) is 14.0. The zero-order chi connectivity index (χ0) is 16.2. The maximum Gasteiger partial charge on any atom is 0.129 e. The predicted octanol–water partition coefficient (Wildman–Crippen LogP) is 4.86. The third-order valence-electron chi connectivity index (χ3n) is 3.85. The van der Waals surface area contributed by atoms with Crippen LogP contribution in [0.4, 0.5) is 4.39 Å². The van der Waals surface area contributed by atoms with E-state index in [0.717, 1.165) is 19.5 Å². The molecule has 0 bridgehead atoms. The summed E-state index contributed by atoms with van der Waals surface area (Å²) in [5.74, 6) is -0.229. The Bertz CT molecular complexity index is 384. The summed E-state index contributed by atoms with van der Waals surface area (Å²) in [6.45, 7) is 9.34. The monoisotopic (exact) mass is 328 g/mol. The summed E-state index contributed by atoms with van der Waals surface area (Å²) in [6, 6.07) is 4.83. The first kappa shape index (κ1) is 19.4. The van der Waals surface area contributed by atoms with Crippen LogP contribution in [0.15, 0.2) is 18.2 Å². The molecule has 1 N–H and O–H groups in total. The number of nitrogens with zero attached hydrogens (tertiary/aromatic N) is 1. The molecule has 1 aromatic carbocycles. The van der Waals surface area contributed by atoms with Crippen molar-refractivity contribution in [3.8, 4) is 0 Å². The molecule has 0 unspecified atom stereocenters. The standard InChI is InChI=1S/C18H30ClFN2/c1-3-5-12-22(13-6-4-2)14-8-11-21-15-16-17(19)9-7-10-18(16)20/h7,9-10,21H,3-6,8,11-15H2,1-2H3. The molecule has 0 heterocycles. The molecular formula is C18H30ClFN2. The second kappa shape index (κ2) is 11.9. The minimum Gasteiger partial charge on any atom is -0.312 e. The average molecular weight is 329 g/mol. The van der Waals surface area contributed by atoms with Crippen LogP contribution in [0.2, 0.25) is 5.02 Å². The lowest BCUT2D eigenvalue weighted by atomic mass is 10.2. The second-order valence-electron chi connectivity index (χ2n) is 5.78. The summed E-state index contributed by atoms with van der Waals surface area (Å²) in [4.78, 5) is 2.55. The van der Waals surface area contributed by atoms with Crippen LogP contribution in [0.5, 0.6) is 0 Å². The Morgan fingerprint density at radius 2 is 1.68 bits per heavy atom. The van der Waals surface area contributed by atoms with Crippen LogP contribution in [0, 0.1) is 5.82 Å². The molecule has 0 atom stereocenters. The summed E-state index contributed by atoms with van der Waals surface area (Å²) >= 11 is 6.02. The van der Waals surface area contributed by atoms with Crippen LogP contribution in [0.25, 0.3) is 0 Å². The van der Waals surface area contributed by atoms with Gasteiger partial charge in [-0.15, -0.1) is 0 Å². The van der Waals surface area contributed by atoms with Gasteiger partial charge in [-0.05, 0) is 57.6 Å². The number of benzene rings is 1. The highest BCUT2D eigenvalue weighted by Crippen LogP contribution is 2.18. The molecule has 0 aromatic heterocycles. The van der Waals surface area contributed by atoms with Crippen molar-refractivity contribution in [1.82, 2.24) is 10.2 Å². The molecule has 0 radical (unpaired) electrons. The molecule has 1 aromatic rings. The highest BCUT2D eigenvalue weighted by molar-refractivity contribution is 6.31. The second-order valence-corrected chi connectivity index (χ2v) is 6.19. The van der Waals surface area contributed by atoms with Gasteiger partial charge < -0.3 is 10.2 Å². The molecule has 0 aliphatic rings. The molecule has 22 heavy (non-hydrogen) atoms. The number of hydrogen-bond donors (Lipinski definition) is 1. The molecule has 0 spiro atoms. The summed E-state index contributed by atoms with van der Waals surface area (Å²) < 4.78 is 13.6. The van der Waals surface area contributed by atoms with Crippen LogP contribution in [0.3, 0.4) is 0 Å². The van der Waals surface area contributed by atoms with E-state index in [-0.39, 0.29) is 5.82 Å². The van der Waals surface area contributed by atoms with Crippen molar-refractivity contribution in [2.24, 2.45) is 0 Å². The Morgan fingerprint density at radius 3 is 2.27 bits per heavy atom. The van der Waals surface area contributed by atoms with Gasteiger partial charge in [-0.25, -0.2) is 4.39 Å². The van der Waals surface area contributed by atoms with Crippen LogP contribution in [-0.4, -0.2) is 31.1 Å². The Kier molecular flexibility index (Phi) is 10.5. The third-order valence-corrected chi connectivity index (χ3v) is 4.20. The fourth-order valence-corrected chi connectivity index (χ4v) is 2.67. The maximum atomic E-state index is 13.6. The van der Waals surface area contributed by atoms with E-state index in [9.17, 15) is 4.39 Å². The van der Waals surface area contributed by atoms with E-state index in [1.54, 1.807) is 12.1 Å². The molecule has 0 saturated carbocycles. The molecular weight excluding hydrogens is 299 g/mol. The Hall–Kier alpha value is -0.640. The molecule has 0 saturated heterocycles. The molecule has 4 heteroatoms. The van der Waals surface area contributed by atoms with Crippen molar-refractivity contribution in [3.63, 3.8) is 0 Å². The maximum absolute atomic E-state index is 13.6. The van der Waals surface area contributed by atoms with Gasteiger partial charge in [0.05, 0.1) is 0 Å². The molecule has 0 fully saturated rings. The lowest BCUT2D eigenvalue weighted by Crippen LogP contribution is -2.29. The fraction of sp³-hybridized carbons (Fsp3) is 0.667. The lowest BCUT2D eigenvalue weighted by Gasteiger charge is -2.22. The minimum atomic E-state index is -0.229. The Labute approximate surface area is 140 Å². The lowest BCUT2D eigenvalue weighted by molar-refractivity contribution is 0.261. The smallest absolute Gasteiger partial charge is 0.129 e. The van der Waals surface area contributed by atoms with Gasteiger partial charge in [0.2, 0.25) is 0 Å². The molecule has 0 amide bonds. The van der Waals surface area contributed by atoms with Gasteiger partial charge in [0.15, 0.2) is 0 Å². The van der Waals surface area contributed by atoms with Crippen LogP contribution < -0.4 is 5.32 Å². The average Bonchev–Trinajstić information content (AvgIpc) is 2.51. The summed E-state index contributed by atoms with van der Waals surface area (Å²) in [5, 5.41) is 3.80. The zero-order valence-corrected chi connectivity index (χ0v) is 14.8. The van der Waals surface area contributed by atoms with Crippen molar-refractivity contribution >= 4 is 11.6 Å². The Morgan fingerprint density at radius 1 is 1.05 bits per heavy atom. The highest BCUT2D eigenvalue weighted by atomic mass is 35.5. The van der Waals surface area contributed by atoms with Gasteiger partial charge in [0.1, 0.15) is 5.82 Å². The SMILES string of the molecule is CCCCN(CCCC)CCCNCc1c(F)cccc1Cl. The third kappa shape index (κ3) is 7.57. The van der Waals surface area contributed by atoms with E-state index >= 15 is 0 Å². The molecule has 1 rings (SSSR count). The normalized spacial score (nSPS) is 11.3. The van der Waals surface area contributed by atoms with E-state index < -0.39 is 0 Å². The van der Waals surface area contributed by atoms with Crippen LogP contribution in [-0.2, 0) is 6.54 Å². The van der Waals surface area contributed by atoms with Gasteiger partial charge >= 0.3 is 0 Å². The van der Waals surface area contributed by atoms with E-state index in [1.807, 2.05) is 0 Å². The van der Waals surface area contributed by atoms with Gasteiger partial charge in [-0.2, -0.15) is 0 Å². The number of nitrogens with one attached hydrogen (secondary N) is 1. The number of halogens is 2. The van der Waals surface area contributed by atoms with Crippen molar-refractivity contribution in [2.45, 2.75) is 52.5 Å². The van der Waals surface area contributed by atoms with E-state index in [4.69, 9.17) is 11.6 Å². The van der Waals surface area contributed by atoms with Crippen molar-refractivity contribution in [2.75, 3.05) is 26.2 Å². The van der Waals surface area contributed by atoms with E-state index in [0.29, 0.717) is 17.1 Å². The van der Waals surface area contributed by atoms with Gasteiger partial charge in [-0.1, -0.05) is 44.4 Å². The fourth-order valence-electron chi connectivity index (χ4n) is 2.44. The number of hydrogen-bond acceptors (Lipinski definition) is 2. The number of rotatable bonds is 12. The molecule has 2 nitrogen and oxygen atoms in total. The van der Waals surface area contributed by atoms with Gasteiger partial charge in [0, 0.05) is 17.1 Å². The van der Waals surface area contributed by atoms with E-state index in [1.165, 1.54) is 44.8 Å². The topological polar surface area (TPSA) is 15.3 Å². The van der Waals surface area contributed by atoms with Crippen molar-refractivity contribution < 1.29 is 4.39 Å². The quantitative estimate of drug-likeness (QED) is 0.551. The first-order valence-electron chi connectivity index (χ1n) is 8.55. The van der Waals surface area contributed by atoms with Crippen molar-refractivity contribution in [1.29, 1.82) is 0 Å². The van der Waals surface area contributed by atoms with Gasteiger partial charge in [0.25, 0.3) is 0 Å². The largest absolute Gasteiger partial charge is 0.312 e. The molecule has 0 aliphatic heterocycles. The van der Waals surface area contributed by atoms with Crippen LogP contribution >= 0.6 is 11.6 Å². The summed E-state index contributed by atoms with van der Waals surface area (Å²) in [6.07, 6.45) is 6.10. The van der Waals surface area contributed by atoms with Crippen molar-refractivity contribution in [3.05, 3.63) is 34.6 Å². The first-order chi connectivity index (χ1) is 10.7. The minimum absolute atomic E-state index is 0.229. The Balaban J connectivity index is 2.24. The summed E-state index contributed by atoms with van der Waals surface area (Å²) in [5.41, 5.74) is 0.568. The highest BCUT2D eigenvalue weighted by Gasteiger charge is 2.06. The predicted molar refractivity (Wildman–Crippen MR) is 94.0 cm³/mol. The summed E-state index contributed by atoms with van der Waals surface area (Å²) in [7, 11) is 0.